The van der Waals surface area contributed by atoms with Crippen molar-refractivity contribution in [3.05, 3.63) is 59.4 Å². The van der Waals surface area contributed by atoms with Crippen LogP contribution in [0.4, 0.5) is 0 Å². The van der Waals surface area contributed by atoms with Crippen LogP contribution in [0.1, 0.15) is 25.5 Å². The zero-order chi connectivity index (χ0) is 18.1. The van der Waals surface area contributed by atoms with E-state index < -0.39 is 0 Å². The summed E-state index contributed by atoms with van der Waals surface area (Å²) in [5, 5.41) is 0.692. The third kappa shape index (κ3) is 3.34. The Morgan fingerprint density at radius 1 is 1.15 bits per heavy atom. The summed E-state index contributed by atoms with van der Waals surface area (Å²) in [5.41, 5.74) is 3.62. The zero-order valence-electron chi connectivity index (χ0n) is 14.9. The first kappa shape index (κ1) is 17.1. The number of nitrogens with zero attached hydrogens (tertiary/aromatic N) is 3. The van der Waals surface area contributed by atoms with Gasteiger partial charge >= 0.3 is 0 Å². The molecule has 3 heterocycles. The third-order valence-electron chi connectivity index (χ3n) is 5.20. The summed E-state index contributed by atoms with van der Waals surface area (Å²) >= 11 is 6.03. The average Bonchev–Trinajstić information content (AvgIpc) is 3.01. The van der Waals surface area contributed by atoms with Crippen LogP contribution in [-0.4, -0.2) is 33.3 Å². The number of fused-ring (bicyclic) bond motifs is 1. The monoisotopic (exact) mass is 367 g/mol. The molecule has 134 valence electrons. The number of carbonyl (C=O) groups excluding carboxylic acids is 1. The van der Waals surface area contributed by atoms with Crippen LogP contribution in [0, 0.1) is 5.92 Å². The Balaban J connectivity index is 1.69. The van der Waals surface area contributed by atoms with Crippen LogP contribution in [0.2, 0.25) is 5.02 Å². The first-order valence-electron chi connectivity index (χ1n) is 9.11. The molecule has 0 atom stereocenters. The van der Waals surface area contributed by atoms with Gasteiger partial charge in [0, 0.05) is 29.9 Å². The fourth-order valence-electron chi connectivity index (χ4n) is 3.57. The Bertz CT molecular complexity index is 924. The largest absolute Gasteiger partial charge is 0.342 e. The molecule has 0 unspecified atom stereocenters. The van der Waals surface area contributed by atoms with Crippen molar-refractivity contribution in [2.45, 2.75) is 26.2 Å². The van der Waals surface area contributed by atoms with E-state index in [1.807, 2.05) is 58.0 Å². The maximum absolute atomic E-state index is 12.9. The first-order chi connectivity index (χ1) is 12.6. The number of hydrogen-bond donors (Lipinski definition) is 0. The van der Waals surface area contributed by atoms with E-state index in [1.54, 1.807) is 0 Å². The maximum atomic E-state index is 12.9. The smallest absolute Gasteiger partial charge is 0.228 e. The number of halogens is 1. The minimum atomic E-state index is 0.178. The highest BCUT2D eigenvalue weighted by Gasteiger charge is 2.23. The number of carbonyl (C=O) groups is 1. The van der Waals surface area contributed by atoms with Crippen molar-refractivity contribution in [1.29, 1.82) is 0 Å². The van der Waals surface area contributed by atoms with E-state index in [1.165, 1.54) is 0 Å². The molecule has 1 aliphatic rings. The van der Waals surface area contributed by atoms with Crippen molar-refractivity contribution >= 4 is 23.2 Å². The van der Waals surface area contributed by atoms with Crippen molar-refractivity contribution in [1.82, 2.24) is 14.3 Å². The Labute approximate surface area is 158 Å². The molecule has 4 nitrogen and oxygen atoms in total. The zero-order valence-corrected chi connectivity index (χ0v) is 15.6. The lowest BCUT2D eigenvalue weighted by Crippen LogP contribution is -2.39. The number of imidazole rings is 1. The predicted molar refractivity (Wildman–Crippen MR) is 104 cm³/mol. The second-order valence-electron chi connectivity index (χ2n) is 7.08. The average molecular weight is 368 g/mol. The molecule has 0 saturated carbocycles. The van der Waals surface area contributed by atoms with Crippen molar-refractivity contribution in [3.63, 3.8) is 0 Å². The van der Waals surface area contributed by atoms with Gasteiger partial charge in [-0.2, -0.15) is 0 Å². The summed E-state index contributed by atoms with van der Waals surface area (Å²) < 4.78 is 2.02. The van der Waals surface area contributed by atoms with Gasteiger partial charge in [-0.1, -0.05) is 36.7 Å². The lowest BCUT2D eigenvalue weighted by atomic mass is 9.99. The van der Waals surface area contributed by atoms with Gasteiger partial charge in [0.05, 0.1) is 17.8 Å². The van der Waals surface area contributed by atoms with Crippen LogP contribution in [0.15, 0.2) is 48.7 Å². The van der Waals surface area contributed by atoms with Crippen LogP contribution >= 0.6 is 11.6 Å². The molecule has 1 fully saturated rings. The second-order valence-corrected chi connectivity index (χ2v) is 7.52. The van der Waals surface area contributed by atoms with Gasteiger partial charge < -0.3 is 9.30 Å². The van der Waals surface area contributed by atoms with Crippen molar-refractivity contribution in [2.75, 3.05) is 13.1 Å². The third-order valence-corrected chi connectivity index (χ3v) is 5.45. The summed E-state index contributed by atoms with van der Waals surface area (Å²) in [6, 6.07) is 13.5. The Hall–Kier alpha value is -2.33. The fourth-order valence-corrected chi connectivity index (χ4v) is 3.69. The molecule has 0 radical (unpaired) electrons. The van der Waals surface area contributed by atoms with Crippen molar-refractivity contribution in [3.8, 4) is 11.3 Å². The van der Waals surface area contributed by atoms with Crippen LogP contribution in [-0.2, 0) is 11.2 Å². The molecule has 1 amide bonds. The minimum Gasteiger partial charge on any atom is -0.342 e. The molecule has 3 aromatic rings. The molecule has 4 rings (SSSR count). The number of benzene rings is 1. The molecule has 26 heavy (non-hydrogen) atoms. The first-order valence-corrected chi connectivity index (χ1v) is 9.49. The summed E-state index contributed by atoms with van der Waals surface area (Å²) in [5.74, 6) is 0.886. The number of piperidine rings is 1. The van der Waals surface area contributed by atoms with Crippen LogP contribution in [0.3, 0.4) is 0 Å². The normalized spacial score (nSPS) is 15.5. The van der Waals surface area contributed by atoms with E-state index in [9.17, 15) is 4.79 Å². The molecule has 0 aliphatic carbocycles. The lowest BCUT2D eigenvalue weighted by molar-refractivity contribution is -0.131. The van der Waals surface area contributed by atoms with Crippen LogP contribution < -0.4 is 0 Å². The van der Waals surface area contributed by atoms with E-state index in [-0.39, 0.29) is 5.91 Å². The molecular formula is C21H22ClN3O. The van der Waals surface area contributed by atoms with Gasteiger partial charge in [-0.15, -0.1) is 0 Å². The standard InChI is InChI=1S/C21H22ClN3O/c1-15-9-12-24(13-10-15)20(26)14-18-21(16-5-7-17(22)8-6-16)23-19-4-2-3-11-25(18)19/h2-8,11,15H,9-10,12-14H2,1H3. The molecule has 0 bridgehead atoms. The van der Waals surface area contributed by atoms with E-state index >= 15 is 0 Å². The van der Waals surface area contributed by atoms with Gasteiger partial charge in [0.15, 0.2) is 0 Å². The highest BCUT2D eigenvalue weighted by atomic mass is 35.5. The SMILES string of the molecule is CC1CCN(C(=O)Cc2c(-c3ccc(Cl)cc3)nc3ccccn23)CC1. The highest BCUT2D eigenvalue weighted by Crippen LogP contribution is 2.27. The van der Waals surface area contributed by atoms with Gasteiger partial charge in [-0.25, -0.2) is 4.98 Å². The summed E-state index contributed by atoms with van der Waals surface area (Å²) in [6.45, 7) is 3.96. The maximum Gasteiger partial charge on any atom is 0.228 e. The number of rotatable bonds is 3. The van der Waals surface area contributed by atoms with Gasteiger partial charge in [0.25, 0.3) is 0 Å². The summed E-state index contributed by atoms with van der Waals surface area (Å²) in [4.78, 5) is 19.7. The number of hydrogen-bond acceptors (Lipinski definition) is 2. The van der Waals surface area contributed by atoms with Crippen molar-refractivity contribution < 1.29 is 4.79 Å². The Kier molecular flexibility index (Phi) is 4.68. The van der Waals surface area contributed by atoms with E-state index in [0.29, 0.717) is 17.4 Å². The minimum absolute atomic E-state index is 0.178. The Morgan fingerprint density at radius 2 is 1.88 bits per heavy atom. The van der Waals surface area contributed by atoms with Gasteiger partial charge in [-0.3, -0.25) is 4.79 Å². The molecular weight excluding hydrogens is 346 g/mol. The van der Waals surface area contributed by atoms with Crippen molar-refractivity contribution in [2.24, 2.45) is 5.92 Å². The second kappa shape index (κ2) is 7.12. The van der Waals surface area contributed by atoms with Gasteiger partial charge in [-0.05, 0) is 43.0 Å². The number of amides is 1. The predicted octanol–water partition coefficient (Wildman–Crippen LogP) is 4.46. The lowest BCUT2D eigenvalue weighted by Gasteiger charge is -2.30. The molecule has 0 spiro atoms. The van der Waals surface area contributed by atoms with Crippen LogP contribution in [0.25, 0.3) is 16.9 Å². The summed E-state index contributed by atoms with van der Waals surface area (Å²) in [7, 11) is 0. The quantitative estimate of drug-likeness (QED) is 0.685. The van der Waals surface area contributed by atoms with Crippen LogP contribution in [0.5, 0.6) is 0 Å². The molecule has 1 aliphatic heterocycles. The molecule has 1 saturated heterocycles. The van der Waals surface area contributed by atoms with Gasteiger partial charge in [0.2, 0.25) is 5.91 Å². The molecule has 5 heteroatoms. The molecule has 2 aromatic heterocycles. The van der Waals surface area contributed by atoms with E-state index in [0.717, 1.165) is 48.5 Å². The number of likely N-dealkylation sites (tertiary alicyclic amines) is 1. The highest BCUT2D eigenvalue weighted by molar-refractivity contribution is 6.30. The number of pyridine rings is 1. The topological polar surface area (TPSA) is 37.6 Å². The fraction of sp³-hybridized carbons (Fsp3) is 0.333. The van der Waals surface area contributed by atoms with E-state index in [2.05, 4.69) is 6.92 Å². The van der Waals surface area contributed by atoms with E-state index in [4.69, 9.17) is 16.6 Å². The number of aromatic nitrogens is 2. The summed E-state index contributed by atoms with van der Waals surface area (Å²) in [6.07, 6.45) is 4.51. The molecule has 0 N–H and O–H groups in total. The van der Waals surface area contributed by atoms with Gasteiger partial charge in [0.1, 0.15) is 5.65 Å². The molecule has 1 aromatic carbocycles. The Morgan fingerprint density at radius 3 is 2.62 bits per heavy atom.